The molecule has 0 radical (unpaired) electrons. The average Bonchev–Trinajstić information content (AvgIpc) is 2.94. The maximum absolute atomic E-state index is 13.4. The summed E-state index contributed by atoms with van der Waals surface area (Å²) < 4.78 is 39.4. The molecular formula is C33H38BrNO4S. The number of rotatable bonds is 6. The molecule has 3 aliphatic rings. The summed E-state index contributed by atoms with van der Waals surface area (Å²) in [6, 6.07) is 21.9. The van der Waals surface area contributed by atoms with Crippen LogP contribution in [-0.2, 0) is 20.7 Å². The molecule has 0 bridgehead atoms. The number of aryl methyl sites for hydroxylation is 2. The Labute approximate surface area is 246 Å². The van der Waals surface area contributed by atoms with E-state index in [1.54, 1.807) is 19.2 Å². The van der Waals surface area contributed by atoms with Crippen LogP contribution in [0.1, 0.15) is 61.6 Å². The Kier molecular flexibility index (Phi) is 7.51. The van der Waals surface area contributed by atoms with E-state index in [0.717, 1.165) is 53.6 Å². The standard InChI is InChI=1S/C33H38BrNO4S/c1-21-4-12-27(13-5-21)40(36,37)39-26-19-31-30-14-6-22-18-25(38-3)11-15-28(22)29(30)16-17-33(31,2)32(20-26)35-24-9-7-23(34)8-10-24/h4-5,7-13,15,18,26,29-32,35H,6,14,16-17,19-20H2,1-3H3/t26-,29+,30+,31-,32-,33-/m0/s1. The van der Waals surface area contributed by atoms with Crippen molar-refractivity contribution in [1.29, 1.82) is 0 Å². The molecule has 6 atom stereocenters. The van der Waals surface area contributed by atoms with Gasteiger partial charge in [0.05, 0.1) is 18.1 Å². The predicted octanol–water partition coefficient (Wildman–Crippen LogP) is 7.88. The summed E-state index contributed by atoms with van der Waals surface area (Å²) in [6.45, 7) is 4.38. The first-order chi connectivity index (χ1) is 19.2. The lowest BCUT2D eigenvalue weighted by Crippen LogP contribution is -2.57. The van der Waals surface area contributed by atoms with Gasteiger partial charge in [-0.2, -0.15) is 8.42 Å². The number of nitrogens with one attached hydrogen (secondary N) is 1. The van der Waals surface area contributed by atoms with Crippen LogP contribution in [0.4, 0.5) is 5.69 Å². The normalized spacial score (nSPS) is 29.6. The van der Waals surface area contributed by atoms with Gasteiger partial charge in [-0.25, -0.2) is 0 Å². The first-order valence-corrected chi connectivity index (χ1v) is 16.6. The van der Waals surface area contributed by atoms with Crippen molar-refractivity contribution in [3.8, 4) is 5.75 Å². The molecular weight excluding hydrogens is 586 g/mol. The van der Waals surface area contributed by atoms with E-state index >= 15 is 0 Å². The number of halogens is 1. The summed E-state index contributed by atoms with van der Waals surface area (Å²) in [7, 11) is -2.14. The molecule has 0 saturated heterocycles. The smallest absolute Gasteiger partial charge is 0.297 e. The highest BCUT2D eigenvalue weighted by Gasteiger charge is 2.55. The molecule has 7 heteroatoms. The maximum Gasteiger partial charge on any atom is 0.297 e. The van der Waals surface area contributed by atoms with Crippen LogP contribution in [0.2, 0.25) is 0 Å². The zero-order valence-electron chi connectivity index (χ0n) is 23.4. The second-order valence-electron chi connectivity index (χ2n) is 12.2. The van der Waals surface area contributed by atoms with Crippen molar-refractivity contribution in [3.05, 3.63) is 87.9 Å². The zero-order chi connectivity index (χ0) is 28.1. The Morgan fingerprint density at radius 3 is 2.45 bits per heavy atom. The van der Waals surface area contributed by atoms with E-state index < -0.39 is 10.1 Å². The number of fused-ring (bicyclic) bond motifs is 5. The lowest BCUT2D eigenvalue weighted by atomic mass is 9.49. The summed E-state index contributed by atoms with van der Waals surface area (Å²) in [5, 5.41) is 3.83. The van der Waals surface area contributed by atoms with Gasteiger partial charge >= 0.3 is 0 Å². The highest BCUT2D eigenvalue weighted by molar-refractivity contribution is 9.10. The Hall–Kier alpha value is -2.35. The van der Waals surface area contributed by atoms with E-state index in [0.29, 0.717) is 24.2 Å². The van der Waals surface area contributed by atoms with Gasteiger partial charge in [0.2, 0.25) is 0 Å². The van der Waals surface area contributed by atoms with Crippen molar-refractivity contribution in [1.82, 2.24) is 0 Å². The van der Waals surface area contributed by atoms with E-state index in [1.807, 2.05) is 31.2 Å². The fraction of sp³-hybridized carbons (Fsp3) is 0.455. The van der Waals surface area contributed by atoms with E-state index in [1.165, 1.54) is 11.1 Å². The first-order valence-electron chi connectivity index (χ1n) is 14.3. The van der Waals surface area contributed by atoms with Crippen LogP contribution < -0.4 is 10.1 Å². The second kappa shape index (κ2) is 10.8. The van der Waals surface area contributed by atoms with Gasteiger partial charge in [-0.15, -0.1) is 0 Å². The average molecular weight is 625 g/mol. The third-order valence-electron chi connectivity index (χ3n) is 9.94. The van der Waals surface area contributed by atoms with Crippen LogP contribution in [0.5, 0.6) is 5.75 Å². The first kappa shape index (κ1) is 27.8. The van der Waals surface area contributed by atoms with Gasteiger partial charge in [0.25, 0.3) is 10.1 Å². The fourth-order valence-electron chi connectivity index (χ4n) is 7.81. The van der Waals surface area contributed by atoms with E-state index in [9.17, 15) is 8.42 Å². The van der Waals surface area contributed by atoms with Crippen LogP contribution in [0.15, 0.2) is 76.1 Å². The molecule has 3 aromatic rings. The van der Waals surface area contributed by atoms with Crippen molar-refractivity contribution < 1.29 is 17.3 Å². The van der Waals surface area contributed by atoms with Gasteiger partial charge in [-0.3, -0.25) is 4.18 Å². The summed E-state index contributed by atoms with van der Waals surface area (Å²) in [6.07, 6.45) is 5.39. The molecule has 0 aromatic heterocycles. The minimum absolute atomic E-state index is 0.0334. The number of ether oxygens (including phenoxy) is 1. The van der Waals surface area contributed by atoms with Crippen LogP contribution >= 0.6 is 15.9 Å². The minimum Gasteiger partial charge on any atom is -0.497 e. The van der Waals surface area contributed by atoms with Gasteiger partial charge in [-0.1, -0.05) is 46.6 Å². The second-order valence-corrected chi connectivity index (χ2v) is 14.7. The van der Waals surface area contributed by atoms with E-state index in [-0.39, 0.29) is 22.5 Å². The van der Waals surface area contributed by atoms with Gasteiger partial charge in [-0.05, 0) is 128 Å². The van der Waals surface area contributed by atoms with Crippen molar-refractivity contribution in [2.45, 2.75) is 75.3 Å². The zero-order valence-corrected chi connectivity index (χ0v) is 25.8. The Morgan fingerprint density at radius 2 is 1.73 bits per heavy atom. The molecule has 1 N–H and O–H groups in total. The summed E-state index contributed by atoms with van der Waals surface area (Å²) >= 11 is 3.54. The van der Waals surface area contributed by atoms with E-state index in [2.05, 4.69) is 58.5 Å². The van der Waals surface area contributed by atoms with Gasteiger partial charge in [0, 0.05) is 16.2 Å². The third-order valence-corrected chi connectivity index (χ3v) is 11.8. The quantitative estimate of drug-likeness (QED) is 0.283. The summed E-state index contributed by atoms with van der Waals surface area (Å²) in [4.78, 5) is 0.228. The SMILES string of the molecule is COc1ccc2c(c1)CC[C@@H]1[C@@H]2CC[C@]2(C)[C@@H](Nc3ccc(Br)cc3)C[C@@H](OS(=O)(=O)c3ccc(C)cc3)C[C@@H]12. The van der Waals surface area contributed by atoms with Crippen LogP contribution in [0.25, 0.3) is 0 Å². The monoisotopic (exact) mass is 623 g/mol. The molecule has 2 saturated carbocycles. The summed E-state index contributed by atoms with van der Waals surface area (Å²) in [5.41, 5.74) is 4.96. The Balaban J connectivity index is 1.33. The van der Waals surface area contributed by atoms with Gasteiger partial charge in [0.15, 0.2) is 0 Å². The Morgan fingerprint density at radius 1 is 0.975 bits per heavy atom. The molecule has 40 heavy (non-hydrogen) atoms. The van der Waals surface area contributed by atoms with Gasteiger partial charge < -0.3 is 10.1 Å². The van der Waals surface area contributed by atoms with Crippen molar-refractivity contribution in [2.75, 3.05) is 12.4 Å². The van der Waals surface area contributed by atoms with Crippen molar-refractivity contribution in [2.24, 2.45) is 17.3 Å². The van der Waals surface area contributed by atoms with Crippen molar-refractivity contribution in [3.63, 3.8) is 0 Å². The van der Waals surface area contributed by atoms with Crippen LogP contribution in [0.3, 0.4) is 0 Å². The maximum atomic E-state index is 13.4. The molecule has 0 aliphatic heterocycles. The molecule has 0 spiro atoms. The largest absolute Gasteiger partial charge is 0.497 e. The topological polar surface area (TPSA) is 64.6 Å². The number of hydrogen-bond donors (Lipinski definition) is 1. The van der Waals surface area contributed by atoms with Gasteiger partial charge in [0.1, 0.15) is 5.75 Å². The number of methoxy groups -OCH3 is 1. The molecule has 3 aromatic carbocycles. The number of hydrogen-bond acceptors (Lipinski definition) is 5. The third kappa shape index (κ3) is 5.21. The molecule has 2 fully saturated rings. The highest BCUT2D eigenvalue weighted by atomic mass is 79.9. The lowest BCUT2D eigenvalue weighted by molar-refractivity contribution is -0.0517. The number of benzene rings is 3. The van der Waals surface area contributed by atoms with Crippen molar-refractivity contribution >= 4 is 31.7 Å². The molecule has 5 nitrogen and oxygen atoms in total. The molecule has 0 heterocycles. The highest BCUT2D eigenvalue weighted by Crippen LogP contribution is 2.60. The summed E-state index contributed by atoms with van der Waals surface area (Å²) in [5.74, 6) is 2.24. The lowest BCUT2D eigenvalue weighted by Gasteiger charge is -2.58. The number of anilines is 1. The fourth-order valence-corrected chi connectivity index (χ4v) is 9.17. The predicted molar refractivity (Wildman–Crippen MR) is 162 cm³/mol. The molecule has 3 aliphatic carbocycles. The van der Waals surface area contributed by atoms with Crippen LogP contribution in [0, 0.1) is 24.2 Å². The van der Waals surface area contributed by atoms with E-state index in [4.69, 9.17) is 8.92 Å². The molecule has 6 rings (SSSR count). The molecule has 212 valence electrons. The Bertz CT molecular complexity index is 1470. The minimum atomic E-state index is -3.87. The molecule has 0 amide bonds. The molecule has 0 unspecified atom stereocenters. The van der Waals surface area contributed by atoms with Crippen LogP contribution in [-0.4, -0.2) is 27.7 Å².